The molecule has 0 bridgehead atoms. The van der Waals surface area contributed by atoms with Gasteiger partial charge in [0.1, 0.15) is 0 Å². The Morgan fingerprint density at radius 3 is 2.65 bits per heavy atom. The molecule has 1 aromatic rings. The van der Waals surface area contributed by atoms with E-state index in [1.807, 2.05) is 24.1 Å². The second-order valence-electron chi connectivity index (χ2n) is 5.14. The van der Waals surface area contributed by atoms with Crippen molar-refractivity contribution in [3.8, 4) is 0 Å². The molecule has 20 heavy (non-hydrogen) atoms. The first-order valence-corrected chi connectivity index (χ1v) is 7.80. The molecular formula is C13H20F3N3S. The van der Waals surface area contributed by atoms with Gasteiger partial charge in [-0.15, -0.1) is 11.3 Å². The van der Waals surface area contributed by atoms with Gasteiger partial charge in [0.2, 0.25) is 0 Å². The van der Waals surface area contributed by atoms with Crippen molar-refractivity contribution < 1.29 is 13.2 Å². The average molecular weight is 307 g/mol. The van der Waals surface area contributed by atoms with Crippen LogP contribution in [0.3, 0.4) is 0 Å². The first-order chi connectivity index (χ1) is 9.41. The van der Waals surface area contributed by atoms with Crippen LogP contribution in [0.1, 0.15) is 38.4 Å². The van der Waals surface area contributed by atoms with Crippen LogP contribution in [-0.4, -0.2) is 30.8 Å². The molecule has 1 fully saturated rings. The number of aromatic nitrogens is 1. The maximum absolute atomic E-state index is 12.6. The van der Waals surface area contributed by atoms with E-state index in [1.54, 1.807) is 0 Å². The highest BCUT2D eigenvalue weighted by atomic mass is 32.1. The van der Waals surface area contributed by atoms with Crippen LogP contribution in [0.15, 0.2) is 5.38 Å². The third kappa shape index (κ3) is 3.63. The number of halogens is 3. The van der Waals surface area contributed by atoms with Crippen molar-refractivity contribution in [2.75, 3.05) is 24.5 Å². The van der Waals surface area contributed by atoms with Crippen molar-refractivity contribution in [1.82, 2.24) is 10.3 Å². The topological polar surface area (TPSA) is 28.2 Å². The fourth-order valence-corrected chi connectivity index (χ4v) is 3.40. The van der Waals surface area contributed by atoms with E-state index in [1.165, 1.54) is 11.3 Å². The molecule has 1 unspecified atom stereocenters. The van der Waals surface area contributed by atoms with E-state index in [-0.39, 0.29) is 18.9 Å². The highest BCUT2D eigenvalue weighted by Gasteiger charge is 2.41. The molecular weight excluding hydrogens is 287 g/mol. The summed E-state index contributed by atoms with van der Waals surface area (Å²) in [6, 6.07) is 0.178. The molecule has 7 heteroatoms. The number of alkyl halides is 3. The van der Waals surface area contributed by atoms with E-state index >= 15 is 0 Å². The number of anilines is 1. The van der Waals surface area contributed by atoms with Crippen molar-refractivity contribution in [2.45, 2.75) is 38.9 Å². The van der Waals surface area contributed by atoms with E-state index in [0.29, 0.717) is 13.1 Å². The molecule has 0 aromatic carbocycles. The van der Waals surface area contributed by atoms with Crippen LogP contribution in [-0.2, 0) is 0 Å². The Labute approximate surface area is 121 Å². The number of hydrogen-bond acceptors (Lipinski definition) is 4. The molecule has 2 heterocycles. The summed E-state index contributed by atoms with van der Waals surface area (Å²) in [5.41, 5.74) is 0.963. The minimum absolute atomic E-state index is 0.168. The summed E-state index contributed by atoms with van der Waals surface area (Å²) in [7, 11) is 0. The third-order valence-corrected chi connectivity index (χ3v) is 4.61. The predicted molar refractivity (Wildman–Crippen MR) is 75.2 cm³/mol. The van der Waals surface area contributed by atoms with Gasteiger partial charge in [-0.05, 0) is 26.3 Å². The van der Waals surface area contributed by atoms with Crippen LogP contribution in [0.5, 0.6) is 0 Å². The third-order valence-electron chi connectivity index (χ3n) is 3.69. The highest BCUT2D eigenvalue weighted by molar-refractivity contribution is 7.13. The van der Waals surface area contributed by atoms with Gasteiger partial charge in [0, 0.05) is 24.5 Å². The van der Waals surface area contributed by atoms with Gasteiger partial charge in [-0.2, -0.15) is 13.2 Å². The molecule has 1 aromatic heterocycles. The Morgan fingerprint density at radius 1 is 1.45 bits per heavy atom. The molecule has 1 aliphatic heterocycles. The molecule has 0 saturated carbocycles. The molecule has 0 aliphatic carbocycles. The van der Waals surface area contributed by atoms with Gasteiger partial charge >= 0.3 is 6.18 Å². The lowest BCUT2D eigenvalue weighted by atomic mass is 9.97. The van der Waals surface area contributed by atoms with Crippen LogP contribution in [0.2, 0.25) is 0 Å². The maximum Gasteiger partial charge on any atom is 0.391 e. The Morgan fingerprint density at radius 2 is 2.10 bits per heavy atom. The lowest BCUT2D eigenvalue weighted by Crippen LogP contribution is -2.39. The summed E-state index contributed by atoms with van der Waals surface area (Å²) in [5.74, 6) is -1.15. The first kappa shape index (κ1) is 15.6. The fraction of sp³-hybridized carbons (Fsp3) is 0.769. The minimum Gasteiger partial charge on any atom is -0.348 e. The van der Waals surface area contributed by atoms with Gasteiger partial charge in [0.15, 0.2) is 5.13 Å². The van der Waals surface area contributed by atoms with Crippen molar-refractivity contribution in [3.05, 3.63) is 11.1 Å². The highest BCUT2D eigenvalue weighted by Crippen LogP contribution is 2.36. The predicted octanol–water partition coefficient (Wildman–Crippen LogP) is 3.59. The number of nitrogens with zero attached hydrogens (tertiary/aromatic N) is 2. The number of nitrogens with one attached hydrogen (secondary N) is 1. The van der Waals surface area contributed by atoms with Crippen molar-refractivity contribution in [1.29, 1.82) is 0 Å². The minimum atomic E-state index is -4.06. The zero-order valence-corrected chi connectivity index (χ0v) is 12.5. The van der Waals surface area contributed by atoms with Gasteiger partial charge in [0.05, 0.1) is 11.6 Å². The number of thiazole rings is 1. The van der Waals surface area contributed by atoms with Crippen LogP contribution in [0.4, 0.5) is 18.3 Å². The van der Waals surface area contributed by atoms with Crippen LogP contribution in [0.25, 0.3) is 0 Å². The van der Waals surface area contributed by atoms with Gasteiger partial charge in [0.25, 0.3) is 0 Å². The van der Waals surface area contributed by atoms with E-state index in [9.17, 15) is 13.2 Å². The Kier molecular flexibility index (Phi) is 4.90. The quantitative estimate of drug-likeness (QED) is 0.921. The molecule has 0 radical (unpaired) electrons. The standard InChI is InChI=1S/C13H20F3N3S/c1-3-17-9(2)11-8-20-12(18-11)19-6-4-10(5-7-19)13(14,15)16/h8-10,17H,3-7H2,1-2H3. The largest absolute Gasteiger partial charge is 0.391 e. The number of piperidine rings is 1. The summed E-state index contributed by atoms with van der Waals surface area (Å²) < 4.78 is 37.9. The van der Waals surface area contributed by atoms with Crippen LogP contribution >= 0.6 is 11.3 Å². The molecule has 1 atom stereocenters. The zero-order valence-electron chi connectivity index (χ0n) is 11.7. The second kappa shape index (κ2) is 6.30. The number of rotatable bonds is 4. The first-order valence-electron chi connectivity index (χ1n) is 6.92. The van der Waals surface area contributed by atoms with Crippen LogP contribution < -0.4 is 10.2 Å². The summed E-state index contributed by atoms with van der Waals surface area (Å²) in [5, 5.41) is 6.10. The monoisotopic (exact) mass is 307 g/mol. The summed E-state index contributed by atoms with van der Waals surface area (Å²) in [4.78, 5) is 6.51. The average Bonchev–Trinajstić information content (AvgIpc) is 2.88. The van der Waals surface area contributed by atoms with Gasteiger partial charge in [-0.1, -0.05) is 6.92 Å². The normalized spacial score (nSPS) is 19.4. The molecule has 0 amide bonds. The summed E-state index contributed by atoms with van der Waals surface area (Å²) >= 11 is 1.51. The van der Waals surface area contributed by atoms with Crippen LogP contribution in [0, 0.1) is 5.92 Å². The SMILES string of the molecule is CCNC(C)c1csc(N2CCC(C(F)(F)F)CC2)n1. The lowest BCUT2D eigenvalue weighted by Gasteiger charge is -2.32. The molecule has 2 rings (SSSR count). The second-order valence-corrected chi connectivity index (χ2v) is 5.97. The number of hydrogen-bond donors (Lipinski definition) is 1. The lowest BCUT2D eigenvalue weighted by molar-refractivity contribution is -0.179. The fourth-order valence-electron chi connectivity index (χ4n) is 2.43. The van der Waals surface area contributed by atoms with Crippen molar-refractivity contribution in [2.24, 2.45) is 5.92 Å². The molecule has 114 valence electrons. The Bertz CT molecular complexity index is 425. The van der Waals surface area contributed by atoms with E-state index in [4.69, 9.17) is 0 Å². The molecule has 1 saturated heterocycles. The van der Waals surface area contributed by atoms with Crippen molar-refractivity contribution >= 4 is 16.5 Å². The van der Waals surface area contributed by atoms with E-state index in [0.717, 1.165) is 17.4 Å². The van der Waals surface area contributed by atoms with Gasteiger partial charge in [-0.25, -0.2) is 4.98 Å². The molecule has 3 nitrogen and oxygen atoms in total. The Hall–Kier alpha value is -0.820. The smallest absolute Gasteiger partial charge is 0.348 e. The van der Waals surface area contributed by atoms with Crippen molar-refractivity contribution in [3.63, 3.8) is 0 Å². The van der Waals surface area contributed by atoms with E-state index in [2.05, 4.69) is 10.3 Å². The molecule has 0 spiro atoms. The molecule has 1 N–H and O–H groups in total. The summed E-state index contributed by atoms with van der Waals surface area (Å²) in [6.07, 6.45) is -3.72. The van der Waals surface area contributed by atoms with Gasteiger partial charge < -0.3 is 10.2 Å². The molecule has 1 aliphatic rings. The van der Waals surface area contributed by atoms with Gasteiger partial charge in [-0.3, -0.25) is 0 Å². The Balaban J connectivity index is 1.94. The maximum atomic E-state index is 12.6. The summed E-state index contributed by atoms with van der Waals surface area (Å²) in [6.45, 7) is 5.81. The zero-order chi connectivity index (χ0) is 14.8. The van der Waals surface area contributed by atoms with E-state index < -0.39 is 12.1 Å².